The highest BCUT2D eigenvalue weighted by Gasteiger charge is 2.13. The highest BCUT2D eigenvalue weighted by molar-refractivity contribution is 5.93. The van der Waals surface area contributed by atoms with Gasteiger partial charge in [0.05, 0.1) is 18.7 Å². The highest BCUT2D eigenvalue weighted by atomic mass is 16.5. The summed E-state index contributed by atoms with van der Waals surface area (Å²) in [6.07, 6.45) is 0.395. The minimum atomic E-state index is -0.00996. The summed E-state index contributed by atoms with van der Waals surface area (Å²) in [6.45, 7) is 0.900. The normalized spacial score (nSPS) is 15.1. The van der Waals surface area contributed by atoms with Crippen LogP contribution in [0.2, 0.25) is 0 Å². The van der Waals surface area contributed by atoms with Gasteiger partial charge >= 0.3 is 0 Å². The van der Waals surface area contributed by atoms with Crippen LogP contribution in [-0.4, -0.2) is 12.5 Å². The van der Waals surface area contributed by atoms with Crippen molar-refractivity contribution >= 4 is 11.6 Å². The molecule has 4 nitrogen and oxygen atoms in total. The number of benzene rings is 1. The summed E-state index contributed by atoms with van der Waals surface area (Å²) in [6, 6.07) is 5.56. The van der Waals surface area contributed by atoms with Gasteiger partial charge in [-0.3, -0.25) is 4.79 Å². The molecule has 1 aromatic rings. The minimum absolute atomic E-state index is 0.00996. The van der Waals surface area contributed by atoms with Crippen molar-refractivity contribution in [2.24, 2.45) is 5.73 Å². The molecule has 0 aromatic heterocycles. The molecule has 1 aliphatic rings. The molecular formula is C10H12N2O2. The van der Waals surface area contributed by atoms with Crippen molar-refractivity contribution in [3.05, 3.63) is 23.8 Å². The summed E-state index contributed by atoms with van der Waals surface area (Å²) < 4.78 is 5.42. The molecule has 14 heavy (non-hydrogen) atoms. The Morgan fingerprint density at radius 1 is 1.50 bits per heavy atom. The molecule has 0 radical (unpaired) electrons. The van der Waals surface area contributed by atoms with Crippen LogP contribution in [0.4, 0.5) is 5.69 Å². The van der Waals surface area contributed by atoms with Gasteiger partial charge in [0.25, 0.3) is 0 Å². The van der Waals surface area contributed by atoms with E-state index in [0.717, 1.165) is 11.3 Å². The molecule has 0 fully saturated rings. The van der Waals surface area contributed by atoms with E-state index in [1.807, 2.05) is 18.2 Å². The van der Waals surface area contributed by atoms with E-state index in [-0.39, 0.29) is 5.91 Å². The number of amides is 1. The summed E-state index contributed by atoms with van der Waals surface area (Å²) in [5.41, 5.74) is 7.23. The molecule has 1 amide bonds. The topological polar surface area (TPSA) is 64.3 Å². The first-order valence-corrected chi connectivity index (χ1v) is 4.55. The van der Waals surface area contributed by atoms with Crippen LogP contribution in [0.5, 0.6) is 5.75 Å². The van der Waals surface area contributed by atoms with Crippen LogP contribution in [-0.2, 0) is 11.3 Å². The number of hydrogen-bond donors (Lipinski definition) is 2. The molecule has 74 valence electrons. The quantitative estimate of drug-likeness (QED) is 0.693. The summed E-state index contributed by atoms with van der Waals surface area (Å²) >= 11 is 0. The van der Waals surface area contributed by atoms with Crippen molar-refractivity contribution in [1.29, 1.82) is 0 Å². The number of fused-ring (bicyclic) bond motifs is 1. The van der Waals surface area contributed by atoms with Gasteiger partial charge in [-0.25, -0.2) is 0 Å². The summed E-state index contributed by atoms with van der Waals surface area (Å²) in [7, 11) is 0. The maximum atomic E-state index is 11.2. The van der Waals surface area contributed by atoms with Gasteiger partial charge in [-0.2, -0.15) is 0 Å². The lowest BCUT2D eigenvalue weighted by atomic mass is 10.2. The standard InChI is InChI=1S/C10H12N2O2/c11-6-7-1-2-8-9(5-7)14-4-3-10(13)12-8/h1-2,5H,3-4,6,11H2,(H,12,13). The first-order chi connectivity index (χ1) is 6.79. The molecule has 3 N–H and O–H groups in total. The Hall–Kier alpha value is -1.55. The molecule has 2 rings (SSSR count). The molecule has 0 unspecified atom stereocenters. The molecule has 0 atom stereocenters. The largest absolute Gasteiger partial charge is 0.491 e. The molecule has 0 saturated heterocycles. The Morgan fingerprint density at radius 2 is 2.36 bits per heavy atom. The van der Waals surface area contributed by atoms with Crippen LogP contribution >= 0.6 is 0 Å². The Morgan fingerprint density at radius 3 is 3.14 bits per heavy atom. The van der Waals surface area contributed by atoms with Crippen molar-refractivity contribution in [2.75, 3.05) is 11.9 Å². The minimum Gasteiger partial charge on any atom is -0.491 e. The number of rotatable bonds is 1. The van der Waals surface area contributed by atoms with E-state index in [1.54, 1.807) is 0 Å². The SMILES string of the molecule is NCc1ccc2c(c1)OCCC(=O)N2. The molecule has 1 heterocycles. The van der Waals surface area contributed by atoms with Crippen LogP contribution in [0.15, 0.2) is 18.2 Å². The second-order valence-corrected chi connectivity index (χ2v) is 3.18. The molecule has 0 aliphatic carbocycles. The maximum Gasteiger partial charge on any atom is 0.227 e. The molecule has 1 aliphatic heterocycles. The zero-order valence-corrected chi connectivity index (χ0v) is 7.75. The molecule has 0 spiro atoms. The molecule has 4 heteroatoms. The van der Waals surface area contributed by atoms with Gasteiger partial charge in [0, 0.05) is 6.54 Å². The van der Waals surface area contributed by atoms with Crippen LogP contribution in [0.3, 0.4) is 0 Å². The van der Waals surface area contributed by atoms with Gasteiger partial charge in [-0.1, -0.05) is 6.07 Å². The third-order valence-electron chi connectivity index (χ3n) is 2.14. The zero-order valence-electron chi connectivity index (χ0n) is 7.75. The van der Waals surface area contributed by atoms with E-state index in [2.05, 4.69) is 5.32 Å². The Kier molecular flexibility index (Phi) is 2.37. The number of nitrogens with two attached hydrogens (primary N) is 1. The van der Waals surface area contributed by atoms with Crippen molar-refractivity contribution in [1.82, 2.24) is 0 Å². The van der Waals surface area contributed by atoms with Gasteiger partial charge in [0.2, 0.25) is 5.91 Å². The number of nitrogens with one attached hydrogen (secondary N) is 1. The number of anilines is 1. The van der Waals surface area contributed by atoms with Gasteiger partial charge in [0.15, 0.2) is 0 Å². The van der Waals surface area contributed by atoms with E-state index in [0.29, 0.717) is 25.3 Å². The van der Waals surface area contributed by atoms with Crippen molar-refractivity contribution in [3.63, 3.8) is 0 Å². The Bertz CT molecular complexity index is 363. The van der Waals surface area contributed by atoms with Crippen molar-refractivity contribution in [3.8, 4) is 5.75 Å². The van der Waals surface area contributed by atoms with Crippen molar-refractivity contribution < 1.29 is 9.53 Å². The molecule has 0 bridgehead atoms. The second-order valence-electron chi connectivity index (χ2n) is 3.18. The zero-order chi connectivity index (χ0) is 9.97. The third kappa shape index (κ3) is 1.70. The maximum absolute atomic E-state index is 11.2. The molecule has 1 aromatic carbocycles. The average molecular weight is 192 g/mol. The summed E-state index contributed by atoms with van der Waals surface area (Å²) in [5.74, 6) is 0.697. The lowest BCUT2D eigenvalue weighted by molar-refractivity contribution is -0.116. The second kappa shape index (κ2) is 3.67. The van der Waals surface area contributed by atoms with E-state index >= 15 is 0 Å². The van der Waals surface area contributed by atoms with Crippen LogP contribution in [0.1, 0.15) is 12.0 Å². The fourth-order valence-corrected chi connectivity index (χ4v) is 1.38. The predicted octanol–water partition coefficient (Wildman–Crippen LogP) is 0.866. The fourth-order valence-electron chi connectivity index (χ4n) is 1.38. The van der Waals surface area contributed by atoms with Crippen molar-refractivity contribution in [2.45, 2.75) is 13.0 Å². The average Bonchev–Trinajstić information content (AvgIpc) is 2.37. The number of carbonyl (C=O) groups is 1. The third-order valence-corrected chi connectivity index (χ3v) is 2.14. The number of ether oxygens (including phenoxy) is 1. The van der Waals surface area contributed by atoms with Gasteiger partial charge < -0.3 is 15.8 Å². The molecule has 0 saturated carbocycles. The number of hydrogen-bond acceptors (Lipinski definition) is 3. The smallest absolute Gasteiger partial charge is 0.227 e. The van der Waals surface area contributed by atoms with E-state index in [4.69, 9.17) is 10.5 Å². The van der Waals surface area contributed by atoms with Crippen LogP contribution in [0, 0.1) is 0 Å². The van der Waals surface area contributed by atoms with E-state index < -0.39 is 0 Å². The van der Waals surface area contributed by atoms with Crippen LogP contribution in [0.25, 0.3) is 0 Å². The van der Waals surface area contributed by atoms with E-state index in [1.165, 1.54) is 0 Å². The first-order valence-electron chi connectivity index (χ1n) is 4.55. The summed E-state index contributed by atoms with van der Waals surface area (Å²) in [5, 5.41) is 2.77. The van der Waals surface area contributed by atoms with E-state index in [9.17, 15) is 4.79 Å². The van der Waals surface area contributed by atoms with Crippen LogP contribution < -0.4 is 15.8 Å². The van der Waals surface area contributed by atoms with Gasteiger partial charge in [-0.15, -0.1) is 0 Å². The lowest BCUT2D eigenvalue weighted by Gasteiger charge is -2.07. The Balaban J connectivity index is 2.35. The molecular weight excluding hydrogens is 180 g/mol. The predicted molar refractivity (Wildman–Crippen MR) is 53.1 cm³/mol. The Labute approximate surface area is 82.1 Å². The highest BCUT2D eigenvalue weighted by Crippen LogP contribution is 2.27. The fraction of sp³-hybridized carbons (Fsp3) is 0.300. The van der Waals surface area contributed by atoms with Gasteiger partial charge in [0.1, 0.15) is 5.75 Å². The first kappa shape index (κ1) is 9.02. The summed E-state index contributed by atoms with van der Waals surface area (Å²) in [4.78, 5) is 11.2. The lowest BCUT2D eigenvalue weighted by Crippen LogP contribution is -2.10. The van der Waals surface area contributed by atoms with Gasteiger partial charge in [-0.05, 0) is 17.7 Å². The number of carbonyl (C=O) groups excluding carboxylic acids is 1. The monoisotopic (exact) mass is 192 g/mol.